The van der Waals surface area contributed by atoms with Gasteiger partial charge in [-0.2, -0.15) is 13.2 Å². The van der Waals surface area contributed by atoms with Crippen LogP contribution in [-0.4, -0.2) is 53.5 Å². The number of piperazine rings is 1. The van der Waals surface area contributed by atoms with E-state index >= 15 is 0 Å². The molecule has 1 saturated heterocycles. The Labute approximate surface area is 126 Å². The molecule has 2 N–H and O–H groups in total. The molecule has 2 heterocycles. The molecule has 122 valence electrons. The van der Waals surface area contributed by atoms with E-state index in [1.165, 1.54) is 11.0 Å². The minimum Gasteiger partial charge on any atom is -0.335 e. The molecule has 6 nitrogen and oxygen atoms in total. The average Bonchev–Trinajstić information content (AvgIpc) is 2.52. The molecule has 0 bridgehead atoms. The third-order valence-electron chi connectivity index (χ3n) is 3.21. The van der Waals surface area contributed by atoms with Crippen LogP contribution in [0.15, 0.2) is 6.07 Å². The summed E-state index contributed by atoms with van der Waals surface area (Å²) in [7, 11) is 0. The zero-order valence-corrected chi connectivity index (χ0v) is 12.2. The molecule has 1 fully saturated rings. The van der Waals surface area contributed by atoms with Crippen molar-refractivity contribution in [1.82, 2.24) is 25.5 Å². The standard InChI is InChI=1S/C13H18F3N5O/c1-2-17-8-9-7-10(20-12(19-9)13(14,15)16)11(22)21-5-3-18-4-6-21/h7,17-18H,2-6,8H2,1H3. The molecule has 0 aliphatic carbocycles. The summed E-state index contributed by atoms with van der Waals surface area (Å²) in [6.07, 6.45) is -4.68. The quantitative estimate of drug-likeness (QED) is 0.853. The Morgan fingerprint density at radius 2 is 2.05 bits per heavy atom. The summed E-state index contributed by atoms with van der Waals surface area (Å²) < 4.78 is 38.7. The van der Waals surface area contributed by atoms with Gasteiger partial charge in [-0.25, -0.2) is 9.97 Å². The summed E-state index contributed by atoms with van der Waals surface area (Å²) in [4.78, 5) is 20.7. The fraction of sp³-hybridized carbons (Fsp3) is 0.615. The largest absolute Gasteiger partial charge is 0.451 e. The highest BCUT2D eigenvalue weighted by Gasteiger charge is 2.36. The fourth-order valence-corrected chi connectivity index (χ4v) is 2.11. The van der Waals surface area contributed by atoms with Crippen molar-refractivity contribution in [2.45, 2.75) is 19.6 Å². The lowest BCUT2D eigenvalue weighted by Crippen LogP contribution is -2.46. The SMILES string of the molecule is CCNCc1cc(C(=O)N2CCNCC2)nc(C(F)(F)F)n1. The van der Waals surface area contributed by atoms with Gasteiger partial charge in [-0.15, -0.1) is 0 Å². The van der Waals surface area contributed by atoms with Gasteiger partial charge in [0.2, 0.25) is 5.82 Å². The van der Waals surface area contributed by atoms with Crippen molar-refractivity contribution in [3.05, 3.63) is 23.3 Å². The van der Waals surface area contributed by atoms with E-state index < -0.39 is 17.9 Å². The number of halogens is 3. The van der Waals surface area contributed by atoms with Crippen LogP contribution < -0.4 is 10.6 Å². The lowest BCUT2D eigenvalue weighted by Gasteiger charge is -2.27. The van der Waals surface area contributed by atoms with Gasteiger partial charge < -0.3 is 15.5 Å². The van der Waals surface area contributed by atoms with Crippen molar-refractivity contribution in [2.24, 2.45) is 0 Å². The van der Waals surface area contributed by atoms with Gasteiger partial charge in [-0.1, -0.05) is 6.92 Å². The first-order valence-electron chi connectivity index (χ1n) is 7.07. The second-order valence-electron chi connectivity index (χ2n) is 4.89. The van der Waals surface area contributed by atoms with E-state index in [1.54, 1.807) is 0 Å². The minimum absolute atomic E-state index is 0.155. The van der Waals surface area contributed by atoms with Gasteiger partial charge in [0.15, 0.2) is 0 Å². The van der Waals surface area contributed by atoms with E-state index in [-0.39, 0.29) is 17.9 Å². The molecule has 0 atom stereocenters. The molecular formula is C13H18F3N5O. The predicted molar refractivity (Wildman–Crippen MR) is 73.2 cm³/mol. The monoisotopic (exact) mass is 317 g/mol. The molecule has 2 rings (SSSR count). The maximum absolute atomic E-state index is 12.9. The Morgan fingerprint density at radius 3 is 2.64 bits per heavy atom. The summed E-state index contributed by atoms with van der Waals surface area (Å²) in [5.74, 6) is -1.77. The normalized spacial score (nSPS) is 15.9. The lowest BCUT2D eigenvalue weighted by molar-refractivity contribution is -0.145. The van der Waals surface area contributed by atoms with E-state index in [9.17, 15) is 18.0 Å². The van der Waals surface area contributed by atoms with E-state index in [1.807, 2.05) is 6.92 Å². The zero-order valence-electron chi connectivity index (χ0n) is 12.2. The maximum Gasteiger partial charge on any atom is 0.451 e. The first-order chi connectivity index (χ1) is 10.4. The predicted octanol–water partition coefficient (Wildman–Crippen LogP) is 0.650. The highest BCUT2D eigenvalue weighted by Crippen LogP contribution is 2.26. The topological polar surface area (TPSA) is 70.2 Å². The van der Waals surface area contributed by atoms with Crippen LogP contribution in [0, 0.1) is 0 Å². The third-order valence-corrected chi connectivity index (χ3v) is 3.21. The average molecular weight is 317 g/mol. The Bertz CT molecular complexity index is 529. The van der Waals surface area contributed by atoms with Gasteiger partial charge in [-0.05, 0) is 12.6 Å². The van der Waals surface area contributed by atoms with Crippen LogP contribution in [0.1, 0.15) is 28.9 Å². The number of aromatic nitrogens is 2. The molecule has 1 aromatic heterocycles. The van der Waals surface area contributed by atoms with E-state index in [4.69, 9.17) is 0 Å². The Kier molecular flexibility index (Phi) is 5.30. The van der Waals surface area contributed by atoms with Crippen LogP contribution in [0.5, 0.6) is 0 Å². The Balaban J connectivity index is 2.29. The summed E-state index contributed by atoms with van der Waals surface area (Å²) in [5, 5.41) is 5.98. The Hall–Kier alpha value is -1.74. The summed E-state index contributed by atoms with van der Waals surface area (Å²) in [6, 6.07) is 1.32. The molecule has 0 aromatic carbocycles. The first-order valence-corrected chi connectivity index (χ1v) is 7.07. The van der Waals surface area contributed by atoms with Crippen molar-refractivity contribution in [1.29, 1.82) is 0 Å². The number of nitrogens with one attached hydrogen (secondary N) is 2. The number of hydrogen-bond donors (Lipinski definition) is 2. The summed E-state index contributed by atoms with van der Waals surface area (Å²) >= 11 is 0. The third kappa shape index (κ3) is 4.14. The van der Waals surface area contributed by atoms with E-state index in [0.29, 0.717) is 32.7 Å². The van der Waals surface area contributed by atoms with Crippen molar-refractivity contribution in [2.75, 3.05) is 32.7 Å². The van der Waals surface area contributed by atoms with Crippen molar-refractivity contribution in [3.8, 4) is 0 Å². The molecule has 1 aromatic rings. The van der Waals surface area contributed by atoms with Crippen LogP contribution >= 0.6 is 0 Å². The molecule has 1 aliphatic rings. The highest BCUT2D eigenvalue weighted by atomic mass is 19.4. The van der Waals surface area contributed by atoms with Crippen molar-refractivity contribution < 1.29 is 18.0 Å². The minimum atomic E-state index is -4.68. The first kappa shape index (κ1) is 16.6. The molecular weight excluding hydrogens is 299 g/mol. The summed E-state index contributed by atoms with van der Waals surface area (Å²) in [6.45, 7) is 4.72. The second-order valence-corrected chi connectivity index (χ2v) is 4.89. The zero-order chi connectivity index (χ0) is 16.2. The molecule has 9 heteroatoms. The Morgan fingerprint density at radius 1 is 1.36 bits per heavy atom. The number of hydrogen-bond acceptors (Lipinski definition) is 5. The molecule has 1 amide bonds. The molecule has 22 heavy (non-hydrogen) atoms. The van der Waals surface area contributed by atoms with Crippen LogP contribution in [0.25, 0.3) is 0 Å². The molecule has 0 radical (unpaired) electrons. The van der Waals surface area contributed by atoms with Crippen molar-refractivity contribution >= 4 is 5.91 Å². The molecule has 0 saturated carbocycles. The fourth-order valence-electron chi connectivity index (χ4n) is 2.11. The van der Waals surface area contributed by atoms with Gasteiger partial charge in [0.05, 0.1) is 5.69 Å². The number of carbonyl (C=O) groups excluding carboxylic acids is 1. The van der Waals surface area contributed by atoms with Gasteiger partial charge in [0.25, 0.3) is 5.91 Å². The number of alkyl halides is 3. The molecule has 1 aliphatic heterocycles. The van der Waals surface area contributed by atoms with Gasteiger partial charge in [-0.3, -0.25) is 4.79 Å². The smallest absolute Gasteiger partial charge is 0.335 e. The van der Waals surface area contributed by atoms with E-state index in [2.05, 4.69) is 20.6 Å². The number of amides is 1. The maximum atomic E-state index is 12.9. The van der Waals surface area contributed by atoms with Crippen LogP contribution in [-0.2, 0) is 12.7 Å². The van der Waals surface area contributed by atoms with Crippen molar-refractivity contribution in [3.63, 3.8) is 0 Å². The highest BCUT2D eigenvalue weighted by molar-refractivity contribution is 5.92. The van der Waals surface area contributed by atoms with Gasteiger partial charge in [0, 0.05) is 32.7 Å². The van der Waals surface area contributed by atoms with Gasteiger partial charge >= 0.3 is 6.18 Å². The summed E-state index contributed by atoms with van der Waals surface area (Å²) in [5.41, 5.74) is -0.0558. The number of nitrogens with zero attached hydrogens (tertiary/aromatic N) is 3. The number of carbonyl (C=O) groups is 1. The molecule has 0 spiro atoms. The lowest BCUT2D eigenvalue weighted by atomic mass is 10.2. The number of rotatable bonds is 4. The van der Waals surface area contributed by atoms with Gasteiger partial charge in [0.1, 0.15) is 5.69 Å². The van der Waals surface area contributed by atoms with Crippen LogP contribution in [0.2, 0.25) is 0 Å². The van der Waals surface area contributed by atoms with E-state index in [0.717, 1.165) is 0 Å². The second kappa shape index (κ2) is 7.01. The van der Waals surface area contributed by atoms with Crippen LogP contribution in [0.4, 0.5) is 13.2 Å². The molecule has 0 unspecified atom stereocenters. The van der Waals surface area contributed by atoms with Crippen LogP contribution in [0.3, 0.4) is 0 Å².